The Morgan fingerprint density at radius 1 is 1.14 bits per heavy atom. The van der Waals surface area contributed by atoms with Crippen LogP contribution in [0.2, 0.25) is 0 Å². The van der Waals surface area contributed by atoms with Crippen molar-refractivity contribution in [2.45, 2.75) is 19.8 Å². The number of benzene rings is 2. The minimum atomic E-state index is -0.622. The molecule has 1 heterocycles. The van der Waals surface area contributed by atoms with Crippen LogP contribution in [0.15, 0.2) is 47.3 Å². The summed E-state index contributed by atoms with van der Waals surface area (Å²) in [4.78, 5) is 17.1. The van der Waals surface area contributed by atoms with Crippen LogP contribution in [-0.4, -0.2) is 9.55 Å². The number of aryl methyl sites for hydroxylation is 1. The number of halogens is 2. The normalized spacial score (nSPS) is 11.0. The van der Waals surface area contributed by atoms with E-state index in [9.17, 15) is 13.6 Å². The van der Waals surface area contributed by atoms with E-state index in [1.807, 2.05) is 6.92 Å². The maximum atomic E-state index is 14.0. The summed E-state index contributed by atoms with van der Waals surface area (Å²) >= 11 is 0. The predicted molar refractivity (Wildman–Crippen MR) is 81.3 cm³/mol. The molecule has 0 saturated heterocycles. The van der Waals surface area contributed by atoms with E-state index in [4.69, 9.17) is 0 Å². The summed E-state index contributed by atoms with van der Waals surface area (Å²) < 4.78 is 28.8. The molecule has 0 spiro atoms. The highest BCUT2D eigenvalue weighted by molar-refractivity contribution is 5.78. The van der Waals surface area contributed by atoms with Crippen molar-refractivity contribution in [3.63, 3.8) is 0 Å². The lowest BCUT2D eigenvalue weighted by atomic mass is 10.2. The molecule has 0 bridgehead atoms. The molecule has 0 amide bonds. The molecular formula is C17H14F2N2O. The standard InChI is InChI=1S/C17H14F2N2O/c1-2-5-15-20-14-9-4-8-13(19)16(14)17(22)21(15)12-7-3-6-11(18)10-12/h3-4,6-10H,2,5H2,1H3. The van der Waals surface area contributed by atoms with Crippen LogP contribution in [0.5, 0.6) is 0 Å². The smallest absolute Gasteiger partial charge is 0.268 e. The quantitative estimate of drug-likeness (QED) is 0.740. The minimum Gasteiger partial charge on any atom is -0.268 e. The summed E-state index contributed by atoms with van der Waals surface area (Å²) in [5, 5.41) is -0.0772. The number of aromatic nitrogens is 2. The Balaban J connectivity index is 2.41. The Labute approximate surface area is 125 Å². The predicted octanol–water partition coefficient (Wildman–Crippen LogP) is 3.62. The summed E-state index contributed by atoms with van der Waals surface area (Å²) in [7, 11) is 0. The molecule has 0 N–H and O–H groups in total. The van der Waals surface area contributed by atoms with Gasteiger partial charge < -0.3 is 0 Å². The molecule has 0 saturated carbocycles. The lowest BCUT2D eigenvalue weighted by Gasteiger charge is -2.13. The largest absolute Gasteiger partial charge is 0.268 e. The van der Waals surface area contributed by atoms with Crippen LogP contribution < -0.4 is 5.56 Å². The van der Waals surface area contributed by atoms with E-state index in [1.54, 1.807) is 12.1 Å². The van der Waals surface area contributed by atoms with Crippen LogP contribution in [0.3, 0.4) is 0 Å². The first kappa shape index (κ1) is 14.4. The molecule has 3 nitrogen and oxygen atoms in total. The Kier molecular flexibility index (Phi) is 3.71. The van der Waals surface area contributed by atoms with Gasteiger partial charge in [-0.05, 0) is 36.8 Å². The number of hydrogen-bond donors (Lipinski definition) is 0. The lowest BCUT2D eigenvalue weighted by molar-refractivity contribution is 0.624. The fraction of sp³-hybridized carbons (Fsp3) is 0.176. The van der Waals surface area contributed by atoms with Gasteiger partial charge in [0.05, 0.1) is 11.2 Å². The van der Waals surface area contributed by atoms with Crippen molar-refractivity contribution in [3.8, 4) is 5.69 Å². The Bertz CT molecular complexity index is 903. The lowest BCUT2D eigenvalue weighted by Crippen LogP contribution is -2.24. The maximum Gasteiger partial charge on any atom is 0.268 e. The molecule has 22 heavy (non-hydrogen) atoms. The molecule has 1 aromatic heterocycles. The summed E-state index contributed by atoms with van der Waals surface area (Å²) in [6.45, 7) is 1.96. The van der Waals surface area contributed by atoms with Crippen molar-refractivity contribution in [3.05, 3.63) is 70.3 Å². The first-order valence-corrected chi connectivity index (χ1v) is 7.08. The fourth-order valence-corrected chi connectivity index (χ4v) is 2.51. The van der Waals surface area contributed by atoms with Gasteiger partial charge in [0.15, 0.2) is 0 Å². The van der Waals surface area contributed by atoms with Gasteiger partial charge in [-0.15, -0.1) is 0 Å². The molecule has 0 fully saturated rings. The molecule has 0 aliphatic carbocycles. The van der Waals surface area contributed by atoms with Gasteiger partial charge in [0.25, 0.3) is 5.56 Å². The second-order valence-electron chi connectivity index (χ2n) is 5.03. The van der Waals surface area contributed by atoms with Crippen molar-refractivity contribution in [2.75, 3.05) is 0 Å². The molecule has 3 aromatic rings. The zero-order valence-electron chi connectivity index (χ0n) is 12.0. The van der Waals surface area contributed by atoms with E-state index < -0.39 is 17.2 Å². The van der Waals surface area contributed by atoms with Crippen LogP contribution in [0, 0.1) is 11.6 Å². The molecule has 0 atom stereocenters. The molecule has 0 aliphatic rings. The van der Waals surface area contributed by atoms with Gasteiger partial charge in [-0.2, -0.15) is 0 Å². The fourth-order valence-electron chi connectivity index (χ4n) is 2.51. The summed E-state index contributed by atoms with van der Waals surface area (Å²) in [5.41, 5.74) is 0.157. The molecule has 0 unspecified atom stereocenters. The summed E-state index contributed by atoms with van der Waals surface area (Å²) in [6, 6.07) is 10.0. The van der Waals surface area contributed by atoms with E-state index in [1.165, 1.54) is 34.9 Å². The third-order valence-corrected chi connectivity index (χ3v) is 3.46. The van der Waals surface area contributed by atoms with E-state index in [-0.39, 0.29) is 5.39 Å². The number of fused-ring (bicyclic) bond motifs is 1. The Morgan fingerprint density at radius 2 is 1.91 bits per heavy atom. The molecule has 5 heteroatoms. The summed E-state index contributed by atoms with van der Waals surface area (Å²) in [5.74, 6) is -0.583. The average molecular weight is 300 g/mol. The van der Waals surface area contributed by atoms with Crippen LogP contribution in [-0.2, 0) is 6.42 Å². The SMILES string of the molecule is CCCc1nc2cccc(F)c2c(=O)n1-c1cccc(F)c1. The molecule has 0 radical (unpaired) electrons. The first-order chi connectivity index (χ1) is 10.6. The van der Waals surface area contributed by atoms with Gasteiger partial charge in [-0.1, -0.05) is 19.1 Å². The minimum absolute atomic E-state index is 0.0772. The van der Waals surface area contributed by atoms with Gasteiger partial charge in [0, 0.05) is 6.42 Å². The van der Waals surface area contributed by atoms with Crippen molar-refractivity contribution < 1.29 is 8.78 Å². The first-order valence-electron chi connectivity index (χ1n) is 7.08. The number of hydrogen-bond acceptors (Lipinski definition) is 2. The Morgan fingerprint density at radius 3 is 2.64 bits per heavy atom. The molecule has 2 aromatic carbocycles. The summed E-state index contributed by atoms with van der Waals surface area (Å²) in [6.07, 6.45) is 1.31. The van der Waals surface area contributed by atoms with Crippen LogP contribution in [0.4, 0.5) is 8.78 Å². The van der Waals surface area contributed by atoms with Crippen LogP contribution in [0.25, 0.3) is 16.6 Å². The van der Waals surface area contributed by atoms with E-state index in [2.05, 4.69) is 4.98 Å². The van der Waals surface area contributed by atoms with Crippen molar-refractivity contribution in [1.82, 2.24) is 9.55 Å². The van der Waals surface area contributed by atoms with Gasteiger partial charge in [0.2, 0.25) is 0 Å². The molecular weight excluding hydrogens is 286 g/mol. The molecule has 3 rings (SSSR count). The van der Waals surface area contributed by atoms with Gasteiger partial charge in [-0.25, -0.2) is 13.8 Å². The van der Waals surface area contributed by atoms with E-state index in [0.717, 1.165) is 6.42 Å². The number of nitrogens with zero attached hydrogens (tertiary/aromatic N) is 2. The van der Waals surface area contributed by atoms with Crippen molar-refractivity contribution in [2.24, 2.45) is 0 Å². The third kappa shape index (κ3) is 2.39. The second kappa shape index (κ2) is 5.67. The topological polar surface area (TPSA) is 34.9 Å². The molecule has 0 aliphatic heterocycles. The zero-order valence-corrected chi connectivity index (χ0v) is 12.0. The monoisotopic (exact) mass is 300 g/mol. The second-order valence-corrected chi connectivity index (χ2v) is 5.03. The maximum absolute atomic E-state index is 14.0. The Hall–Kier alpha value is -2.56. The van der Waals surface area contributed by atoms with E-state index in [0.29, 0.717) is 23.4 Å². The van der Waals surface area contributed by atoms with Crippen molar-refractivity contribution in [1.29, 1.82) is 0 Å². The third-order valence-electron chi connectivity index (χ3n) is 3.46. The average Bonchev–Trinajstić information content (AvgIpc) is 2.47. The highest BCUT2D eigenvalue weighted by Crippen LogP contribution is 2.17. The van der Waals surface area contributed by atoms with E-state index >= 15 is 0 Å². The van der Waals surface area contributed by atoms with Crippen LogP contribution >= 0.6 is 0 Å². The highest BCUT2D eigenvalue weighted by Gasteiger charge is 2.15. The van der Waals surface area contributed by atoms with Gasteiger partial charge >= 0.3 is 0 Å². The highest BCUT2D eigenvalue weighted by atomic mass is 19.1. The van der Waals surface area contributed by atoms with Gasteiger partial charge in [0.1, 0.15) is 22.8 Å². The van der Waals surface area contributed by atoms with Crippen LogP contribution in [0.1, 0.15) is 19.2 Å². The van der Waals surface area contributed by atoms with Crippen molar-refractivity contribution >= 4 is 10.9 Å². The van der Waals surface area contributed by atoms with Gasteiger partial charge in [-0.3, -0.25) is 9.36 Å². The molecule has 112 valence electrons. The zero-order chi connectivity index (χ0) is 15.7. The number of rotatable bonds is 3.